The molecule has 1 aromatic heterocycles. The summed E-state index contributed by atoms with van der Waals surface area (Å²) in [5.74, 6) is 1.01. The molecule has 2 heterocycles. The molecule has 5 nitrogen and oxygen atoms in total. The Morgan fingerprint density at radius 2 is 2.50 bits per heavy atom. The topological polar surface area (TPSA) is 62.4 Å². The summed E-state index contributed by atoms with van der Waals surface area (Å²) in [7, 11) is 0. The van der Waals surface area contributed by atoms with Crippen LogP contribution in [-0.2, 0) is 6.54 Å². The molecule has 0 radical (unpaired) electrons. The molecule has 2 rings (SSSR count). The largest absolute Gasteiger partial charge is 0.391 e. The maximum absolute atomic E-state index is 9.68. The Balaban J connectivity index is 1.89. The van der Waals surface area contributed by atoms with Gasteiger partial charge in [-0.2, -0.15) is 4.98 Å². The van der Waals surface area contributed by atoms with Gasteiger partial charge in [0.2, 0.25) is 5.89 Å². The van der Waals surface area contributed by atoms with Crippen molar-refractivity contribution in [2.24, 2.45) is 5.92 Å². The summed E-state index contributed by atoms with van der Waals surface area (Å²) in [6.07, 6.45) is 2.21. The molecule has 2 unspecified atom stereocenters. The first kappa shape index (κ1) is 9.61. The average Bonchev–Trinajstić information content (AvgIpc) is 2.76. The van der Waals surface area contributed by atoms with Crippen molar-refractivity contribution in [1.82, 2.24) is 15.0 Å². The molecule has 1 aromatic rings. The molecular formula is C9H15N3O2. The van der Waals surface area contributed by atoms with Crippen molar-refractivity contribution in [2.75, 3.05) is 13.1 Å². The minimum Gasteiger partial charge on any atom is -0.391 e. The molecular weight excluding hydrogens is 182 g/mol. The first-order chi connectivity index (χ1) is 6.79. The Bertz CT molecular complexity index is 276. The van der Waals surface area contributed by atoms with Crippen LogP contribution in [0.3, 0.4) is 0 Å². The SMILES string of the molecule is CCC1CN(Cc2ncno2)CC1O. The van der Waals surface area contributed by atoms with Gasteiger partial charge in [0.25, 0.3) is 0 Å². The minimum absolute atomic E-state index is 0.206. The van der Waals surface area contributed by atoms with Crippen LogP contribution in [0, 0.1) is 5.92 Å². The van der Waals surface area contributed by atoms with E-state index >= 15 is 0 Å². The zero-order valence-corrected chi connectivity index (χ0v) is 8.26. The van der Waals surface area contributed by atoms with Crippen LogP contribution in [0.2, 0.25) is 0 Å². The lowest BCUT2D eigenvalue weighted by molar-refractivity contribution is 0.138. The lowest BCUT2D eigenvalue weighted by atomic mass is 10.0. The molecule has 1 saturated heterocycles. The fourth-order valence-electron chi connectivity index (χ4n) is 1.93. The number of aliphatic hydroxyl groups excluding tert-OH is 1. The van der Waals surface area contributed by atoms with Crippen LogP contribution in [0.25, 0.3) is 0 Å². The first-order valence-corrected chi connectivity index (χ1v) is 4.95. The van der Waals surface area contributed by atoms with Gasteiger partial charge in [-0.25, -0.2) is 0 Å². The van der Waals surface area contributed by atoms with Gasteiger partial charge in [0.1, 0.15) is 0 Å². The summed E-state index contributed by atoms with van der Waals surface area (Å²) in [5, 5.41) is 13.2. The molecule has 0 bridgehead atoms. The van der Waals surface area contributed by atoms with Gasteiger partial charge in [-0.3, -0.25) is 4.90 Å². The van der Waals surface area contributed by atoms with Crippen LogP contribution in [0.15, 0.2) is 10.9 Å². The summed E-state index contributed by atoms with van der Waals surface area (Å²) < 4.78 is 4.92. The highest BCUT2D eigenvalue weighted by Gasteiger charge is 2.30. The monoisotopic (exact) mass is 197 g/mol. The van der Waals surface area contributed by atoms with Gasteiger partial charge < -0.3 is 9.63 Å². The molecule has 0 spiro atoms. The number of likely N-dealkylation sites (tertiary alicyclic amines) is 1. The van der Waals surface area contributed by atoms with E-state index in [0.717, 1.165) is 13.0 Å². The van der Waals surface area contributed by atoms with E-state index in [-0.39, 0.29) is 6.10 Å². The van der Waals surface area contributed by atoms with E-state index < -0.39 is 0 Å². The van der Waals surface area contributed by atoms with Gasteiger partial charge in [0.05, 0.1) is 12.6 Å². The Kier molecular flexibility index (Phi) is 2.79. The summed E-state index contributed by atoms with van der Waals surface area (Å²) >= 11 is 0. The molecule has 1 aliphatic rings. The Morgan fingerprint density at radius 1 is 1.64 bits per heavy atom. The molecule has 0 saturated carbocycles. The van der Waals surface area contributed by atoms with Crippen molar-refractivity contribution in [3.05, 3.63) is 12.2 Å². The second-order valence-electron chi connectivity index (χ2n) is 3.76. The third-order valence-corrected chi connectivity index (χ3v) is 2.77. The average molecular weight is 197 g/mol. The van der Waals surface area contributed by atoms with Gasteiger partial charge in [0.15, 0.2) is 6.33 Å². The van der Waals surface area contributed by atoms with Crippen molar-refractivity contribution < 1.29 is 9.63 Å². The molecule has 5 heteroatoms. The molecule has 0 aliphatic carbocycles. The second kappa shape index (κ2) is 4.06. The van der Waals surface area contributed by atoms with Crippen LogP contribution < -0.4 is 0 Å². The van der Waals surface area contributed by atoms with Crippen LogP contribution in [0.1, 0.15) is 19.2 Å². The number of aromatic nitrogens is 2. The van der Waals surface area contributed by atoms with Crippen molar-refractivity contribution in [3.63, 3.8) is 0 Å². The normalized spacial score (nSPS) is 28.4. The third-order valence-electron chi connectivity index (χ3n) is 2.77. The minimum atomic E-state index is -0.206. The van der Waals surface area contributed by atoms with Crippen LogP contribution in [0.5, 0.6) is 0 Å². The Hall–Kier alpha value is -0.940. The zero-order valence-electron chi connectivity index (χ0n) is 8.26. The molecule has 1 N–H and O–H groups in total. The van der Waals surface area contributed by atoms with E-state index in [9.17, 15) is 5.11 Å². The smallest absolute Gasteiger partial charge is 0.240 e. The van der Waals surface area contributed by atoms with E-state index in [1.165, 1.54) is 6.33 Å². The van der Waals surface area contributed by atoms with Crippen LogP contribution in [-0.4, -0.2) is 39.3 Å². The van der Waals surface area contributed by atoms with Crippen LogP contribution in [0.4, 0.5) is 0 Å². The number of rotatable bonds is 3. The van der Waals surface area contributed by atoms with E-state index in [1.54, 1.807) is 0 Å². The van der Waals surface area contributed by atoms with Crippen molar-refractivity contribution >= 4 is 0 Å². The Labute approximate surface area is 82.7 Å². The molecule has 1 fully saturated rings. The third kappa shape index (κ3) is 1.93. The molecule has 78 valence electrons. The predicted molar refractivity (Wildman–Crippen MR) is 49.4 cm³/mol. The Morgan fingerprint density at radius 3 is 3.07 bits per heavy atom. The van der Waals surface area contributed by atoms with Gasteiger partial charge in [0, 0.05) is 13.1 Å². The highest BCUT2D eigenvalue weighted by Crippen LogP contribution is 2.20. The lowest BCUT2D eigenvalue weighted by Gasteiger charge is -2.11. The van der Waals surface area contributed by atoms with Crippen LogP contribution >= 0.6 is 0 Å². The first-order valence-electron chi connectivity index (χ1n) is 4.95. The standard InChI is InChI=1S/C9H15N3O2/c1-2-7-3-12(4-8(7)13)5-9-10-6-11-14-9/h6-8,13H,2-5H2,1H3. The second-order valence-corrected chi connectivity index (χ2v) is 3.76. The van der Waals surface area contributed by atoms with Crippen molar-refractivity contribution in [1.29, 1.82) is 0 Å². The van der Waals surface area contributed by atoms with E-state index in [1.807, 2.05) is 0 Å². The van der Waals surface area contributed by atoms with Crippen molar-refractivity contribution in [3.8, 4) is 0 Å². The number of hydrogen-bond donors (Lipinski definition) is 1. The summed E-state index contributed by atoms with van der Waals surface area (Å²) in [4.78, 5) is 6.10. The highest BCUT2D eigenvalue weighted by molar-refractivity contribution is 4.85. The molecule has 0 amide bonds. The summed E-state index contributed by atoms with van der Waals surface area (Å²) in [6.45, 7) is 4.37. The molecule has 14 heavy (non-hydrogen) atoms. The van der Waals surface area contributed by atoms with E-state index in [0.29, 0.717) is 24.9 Å². The molecule has 0 aromatic carbocycles. The predicted octanol–water partition coefficient (Wildman–Crippen LogP) is 0.272. The quantitative estimate of drug-likeness (QED) is 0.753. The maximum atomic E-state index is 9.68. The number of hydrogen-bond acceptors (Lipinski definition) is 5. The summed E-state index contributed by atoms with van der Waals surface area (Å²) in [5.41, 5.74) is 0. The fourth-order valence-corrected chi connectivity index (χ4v) is 1.93. The lowest BCUT2D eigenvalue weighted by Crippen LogP contribution is -2.21. The number of nitrogens with zero attached hydrogens (tertiary/aromatic N) is 3. The van der Waals surface area contributed by atoms with Gasteiger partial charge >= 0.3 is 0 Å². The molecule has 1 aliphatic heterocycles. The van der Waals surface area contributed by atoms with E-state index in [2.05, 4.69) is 22.0 Å². The number of aliphatic hydroxyl groups is 1. The van der Waals surface area contributed by atoms with Gasteiger partial charge in [-0.15, -0.1) is 0 Å². The van der Waals surface area contributed by atoms with Gasteiger partial charge in [-0.1, -0.05) is 12.1 Å². The summed E-state index contributed by atoms with van der Waals surface area (Å²) in [6, 6.07) is 0. The highest BCUT2D eigenvalue weighted by atomic mass is 16.5. The number of β-amino-alcohol motifs (C(OH)–C–C–N with tert-alkyl or cyclic N) is 1. The van der Waals surface area contributed by atoms with E-state index in [4.69, 9.17) is 4.52 Å². The van der Waals surface area contributed by atoms with Gasteiger partial charge in [-0.05, 0) is 12.3 Å². The zero-order chi connectivity index (χ0) is 9.97. The fraction of sp³-hybridized carbons (Fsp3) is 0.778. The molecule has 2 atom stereocenters. The maximum Gasteiger partial charge on any atom is 0.240 e. The van der Waals surface area contributed by atoms with Crippen molar-refractivity contribution in [2.45, 2.75) is 26.0 Å².